The minimum atomic E-state index is -1.46. The van der Waals surface area contributed by atoms with Gasteiger partial charge in [-0.2, -0.15) is 0 Å². The Morgan fingerprint density at radius 2 is 1.21 bits per heavy atom. The first-order valence-corrected chi connectivity index (χ1v) is 5.42. The molecule has 112 valence electrons. The molecule has 0 saturated heterocycles. The van der Waals surface area contributed by atoms with Crippen molar-refractivity contribution in [2.75, 3.05) is 19.8 Å². The summed E-state index contributed by atoms with van der Waals surface area (Å²) in [6.45, 7) is 3.13. The van der Waals surface area contributed by atoms with Gasteiger partial charge in [0.15, 0.2) is 12.2 Å². The van der Waals surface area contributed by atoms with Crippen molar-refractivity contribution in [2.45, 2.75) is 26.1 Å². The van der Waals surface area contributed by atoms with E-state index in [0.29, 0.717) is 0 Å². The summed E-state index contributed by atoms with van der Waals surface area (Å²) in [5, 5.41) is 25.0. The lowest BCUT2D eigenvalue weighted by atomic mass is 10.2. The van der Waals surface area contributed by atoms with Gasteiger partial charge in [0.2, 0.25) is 0 Å². The van der Waals surface area contributed by atoms with Crippen LogP contribution in [-0.2, 0) is 23.9 Å². The van der Waals surface area contributed by atoms with Crippen LogP contribution in [0.25, 0.3) is 0 Å². The molecular weight excluding hydrogens is 262 g/mol. The van der Waals surface area contributed by atoms with Crippen molar-refractivity contribution in [3.8, 4) is 0 Å². The average Bonchev–Trinajstić information content (AvgIpc) is 2.33. The minimum absolute atomic E-state index is 0.119. The van der Waals surface area contributed by atoms with E-state index < -0.39 is 30.1 Å². The van der Waals surface area contributed by atoms with E-state index in [2.05, 4.69) is 5.73 Å². The molecule has 2 atom stereocenters. The molecule has 9 nitrogen and oxygen atoms in total. The van der Waals surface area contributed by atoms with Gasteiger partial charge in [0.25, 0.3) is 0 Å². The summed E-state index contributed by atoms with van der Waals surface area (Å²) in [6, 6.07) is 0. The fourth-order valence-corrected chi connectivity index (χ4v) is 0.935. The molecule has 0 radical (unpaired) electrons. The van der Waals surface area contributed by atoms with Crippen molar-refractivity contribution < 1.29 is 39.2 Å². The number of hydrogen-bond donors (Lipinski definition) is 4. The first kappa shape index (κ1) is 19.6. The van der Waals surface area contributed by atoms with E-state index in [9.17, 15) is 14.4 Å². The molecule has 2 unspecified atom stereocenters. The number of hydrogen-bond acceptors (Lipinski definition) is 6. The molecular formula is C10H19NO8. The highest BCUT2D eigenvalue weighted by molar-refractivity contribution is 5.83. The zero-order chi connectivity index (χ0) is 15.4. The number of carbonyl (C=O) groups is 3. The second-order valence-corrected chi connectivity index (χ2v) is 3.03. The highest BCUT2D eigenvalue weighted by Gasteiger charge is 2.35. The first-order valence-electron chi connectivity index (χ1n) is 5.42. The molecule has 9 heteroatoms. The van der Waals surface area contributed by atoms with E-state index in [4.69, 9.17) is 24.8 Å². The quantitative estimate of drug-likeness (QED) is 0.437. The van der Waals surface area contributed by atoms with Crippen LogP contribution in [0.15, 0.2) is 0 Å². The Kier molecular flexibility index (Phi) is 11.8. The Morgan fingerprint density at radius 3 is 1.32 bits per heavy atom. The van der Waals surface area contributed by atoms with Gasteiger partial charge in [0.05, 0.1) is 6.54 Å². The lowest BCUT2D eigenvalue weighted by molar-refractivity contribution is -0.175. The molecule has 0 aromatic rings. The summed E-state index contributed by atoms with van der Waals surface area (Å²) in [5.74, 6) is -3.65. The fraction of sp³-hybridized carbons (Fsp3) is 0.700. The molecule has 0 heterocycles. The first-order chi connectivity index (χ1) is 8.81. The van der Waals surface area contributed by atoms with E-state index >= 15 is 0 Å². The van der Waals surface area contributed by atoms with Crippen LogP contribution in [0.2, 0.25) is 0 Å². The molecule has 5 N–H and O–H groups in total. The Morgan fingerprint density at radius 1 is 0.947 bits per heavy atom. The summed E-state index contributed by atoms with van der Waals surface area (Å²) in [7, 11) is 0. The number of carboxylic acid groups (broad SMARTS) is 3. The summed E-state index contributed by atoms with van der Waals surface area (Å²) in [4.78, 5) is 30.5. The topological polar surface area (TPSA) is 156 Å². The van der Waals surface area contributed by atoms with Gasteiger partial charge in [-0.1, -0.05) is 0 Å². The monoisotopic (exact) mass is 281 g/mol. The van der Waals surface area contributed by atoms with Gasteiger partial charge in [0.1, 0.15) is 0 Å². The maximum absolute atomic E-state index is 10.6. The van der Waals surface area contributed by atoms with E-state index in [1.54, 1.807) is 13.8 Å². The predicted octanol–water partition coefficient (Wildman–Crippen LogP) is -1.00. The highest BCUT2D eigenvalue weighted by atomic mass is 16.6. The molecule has 19 heavy (non-hydrogen) atoms. The molecule has 0 aliphatic carbocycles. The van der Waals surface area contributed by atoms with Gasteiger partial charge in [0, 0.05) is 13.2 Å². The van der Waals surface area contributed by atoms with Crippen molar-refractivity contribution in [2.24, 2.45) is 5.73 Å². The number of carboxylic acids is 3. The van der Waals surface area contributed by atoms with Crippen LogP contribution < -0.4 is 5.73 Å². The Labute approximate surface area is 109 Å². The van der Waals surface area contributed by atoms with E-state index in [1.165, 1.54) is 0 Å². The highest BCUT2D eigenvalue weighted by Crippen LogP contribution is 2.05. The van der Waals surface area contributed by atoms with Gasteiger partial charge in [-0.15, -0.1) is 0 Å². The number of nitrogens with two attached hydrogens (primary N) is 1. The van der Waals surface area contributed by atoms with Crippen molar-refractivity contribution in [1.29, 1.82) is 0 Å². The number of rotatable bonds is 8. The average molecular weight is 281 g/mol. The van der Waals surface area contributed by atoms with Crippen molar-refractivity contribution in [1.82, 2.24) is 0 Å². The molecule has 0 fully saturated rings. The second-order valence-electron chi connectivity index (χ2n) is 3.03. The molecule has 0 spiro atoms. The van der Waals surface area contributed by atoms with Crippen molar-refractivity contribution in [3.63, 3.8) is 0 Å². The van der Waals surface area contributed by atoms with E-state index in [0.717, 1.165) is 0 Å². The molecule has 0 amide bonds. The van der Waals surface area contributed by atoms with Crippen LogP contribution >= 0.6 is 0 Å². The van der Waals surface area contributed by atoms with Crippen LogP contribution in [0.5, 0.6) is 0 Å². The lowest BCUT2D eigenvalue weighted by Gasteiger charge is -2.19. The van der Waals surface area contributed by atoms with Crippen molar-refractivity contribution in [3.05, 3.63) is 0 Å². The Hall–Kier alpha value is -1.71. The standard InChI is InChI=1S/C8H14O6.C2H5NO2/c1-3-13-5(7(9)10)6(8(11)12)14-4-2;3-1-2(4)5/h5-6H,3-4H2,1-2H3,(H,9,10)(H,11,12);1,3H2,(H,4,5). The predicted molar refractivity (Wildman–Crippen MR) is 62.8 cm³/mol. The van der Waals surface area contributed by atoms with Crippen LogP contribution in [0.4, 0.5) is 0 Å². The van der Waals surface area contributed by atoms with Crippen LogP contribution in [0.3, 0.4) is 0 Å². The molecule has 0 aromatic heterocycles. The molecule has 0 bridgehead atoms. The Bertz CT molecular complexity index is 271. The summed E-state index contributed by atoms with van der Waals surface area (Å²) < 4.78 is 9.55. The van der Waals surface area contributed by atoms with E-state index in [-0.39, 0.29) is 19.8 Å². The van der Waals surface area contributed by atoms with Gasteiger partial charge in [-0.25, -0.2) is 9.59 Å². The van der Waals surface area contributed by atoms with Crippen LogP contribution in [0, 0.1) is 0 Å². The maximum atomic E-state index is 10.6. The zero-order valence-electron chi connectivity index (χ0n) is 10.7. The van der Waals surface area contributed by atoms with Gasteiger partial charge in [-0.3, -0.25) is 4.79 Å². The molecule has 0 aromatic carbocycles. The van der Waals surface area contributed by atoms with Gasteiger partial charge in [-0.05, 0) is 13.8 Å². The Balaban J connectivity index is 0. The fourth-order valence-electron chi connectivity index (χ4n) is 0.935. The van der Waals surface area contributed by atoms with Gasteiger partial charge < -0.3 is 30.5 Å². The molecule has 0 aliphatic heterocycles. The van der Waals surface area contributed by atoms with E-state index in [1.807, 2.05) is 0 Å². The smallest absolute Gasteiger partial charge is 0.336 e. The summed E-state index contributed by atoms with van der Waals surface area (Å²) in [6.07, 6.45) is -2.92. The number of aliphatic carboxylic acids is 3. The molecule has 0 saturated carbocycles. The van der Waals surface area contributed by atoms with Crippen LogP contribution in [0.1, 0.15) is 13.8 Å². The largest absolute Gasteiger partial charge is 0.480 e. The third kappa shape index (κ3) is 9.94. The molecule has 0 rings (SSSR count). The molecule has 0 aliphatic rings. The third-order valence-corrected chi connectivity index (χ3v) is 1.63. The minimum Gasteiger partial charge on any atom is -0.480 e. The summed E-state index contributed by atoms with van der Waals surface area (Å²) in [5.41, 5.74) is 4.57. The lowest BCUT2D eigenvalue weighted by Crippen LogP contribution is -2.43. The normalized spacial score (nSPS) is 12.8. The third-order valence-electron chi connectivity index (χ3n) is 1.63. The second kappa shape index (κ2) is 11.4. The summed E-state index contributed by atoms with van der Waals surface area (Å²) >= 11 is 0. The van der Waals surface area contributed by atoms with Gasteiger partial charge >= 0.3 is 17.9 Å². The maximum Gasteiger partial charge on any atom is 0.336 e. The zero-order valence-corrected chi connectivity index (χ0v) is 10.7. The van der Waals surface area contributed by atoms with Crippen molar-refractivity contribution >= 4 is 17.9 Å². The number of ether oxygens (including phenoxy) is 2. The SMILES string of the molecule is CCOC(C(=O)O)C(OCC)C(=O)O.NCC(=O)O. The van der Waals surface area contributed by atoms with Crippen LogP contribution in [-0.4, -0.2) is 65.2 Å².